The van der Waals surface area contributed by atoms with E-state index in [0.29, 0.717) is 42.4 Å². The van der Waals surface area contributed by atoms with E-state index in [9.17, 15) is 9.59 Å². The van der Waals surface area contributed by atoms with Crippen LogP contribution in [-0.4, -0.2) is 17.4 Å². The summed E-state index contributed by atoms with van der Waals surface area (Å²) < 4.78 is 6.15. The molecule has 6 aliphatic rings. The van der Waals surface area contributed by atoms with E-state index in [0.717, 1.165) is 25.2 Å². The largest absolute Gasteiger partial charge is 0.458 e. The van der Waals surface area contributed by atoms with E-state index in [1.807, 2.05) is 6.08 Å². The van der Waals surface area contributed by atoms with Gasteiger partial charge in [-0.1, -0.05) is 19.1 Å². The van der Waals surface area contributed by atoms with E-state index < -0.39 is 0 Å². The van der Waals surface area contributed by atoms with Crippen LogP contribution in [0, 0.1) is 40.9 Å². The van der Waals surface area contributed by atoms with Gasteiger partial charge in [-0.25, -0.2) is 0 Å². The van der Waals surface area contributed by atoms with Gasteiger partial charge in [0, 0.05) is 24.2 Å². The van der Waals surface area contributed by atoms with Gasteiger partial charge in [-0.05, 0) is 79.8 Å². The lowest BCUT2D eigenvalue weighted by Gasteiger charge is -2.57. The Hall–Kier alpha value is -1.38. The van der Waals surface area contributed by atoms with E-state index >= 15 is 0 Å². The van der Waals surface area contributed by atoms with Crippen LogP contribution >= 0.6 is 0 Å². The second kappa shape index (κ2) is 4.72. The lowest BCUT2D eigenvalue weighted by atomic mass is 9.48. The number of allylic oxidation sites excluding steroid dienone is 2. The second-order valence-electron chi connectivity index (χ2n) is 10.2. The van der Waals surface area contributed by atoms with Gasteiger partial charge in [0.15, 0.2) is 5.78 Å². The lowest BCUT2D eigenvalue weighted by molar-refractivity contribution is -0.173. The Bertz CT molecular complexity index is 778. The highest BCUT2D eigenvalue weighted by atomic mass is 16.6. The average Bonchev–Trinajstić information content (AvgIpc) is 3.24. The highest BCUT2D eigenvalue weighted by Crippen LogP contribution is 2.78. The van der Waals surface area contributed by atoms with Gasteiger partial charge in [0.1, 0.15) is 5.60 Å². The van der Waals surface area contributed by atoms with Crippen molar-refractivity contribution in [1.29, 1.82) is 0 Å². The fourth-order valence-corrected chi connectivity index (χ4v) is 8.49. The van der Waals surface area contributed by atoms with Crippen LogP contribution in [0.2, 0.25) is 0 Å². The number of ether oxygens (including phenoxy) is 1. The van der Waals surface area contributed by atoms with E-state index in [4.69, 9.17) is 4.74 Å². The van der Waals surface area contributed by atoms with Crippen LogP contribution in [0.3, 0.4) is 0 Å². The number of hydrogen-bond acceptors (Lipinski definition) is 3. The van der Waals surface area contributed by atoms with Crippen LogP contribution in [0.1, 0.15) is 58.3 Å². The third-order valence-corrected chi connectivity index (χ3v) is 9.43. The first-order valence-electron chi connectivity index (χ1n) is 10.6. The minimum Gasteiger partial charge on any atom is -0.458 e. The van der Waals surface area contributed by atoms with Crippen LogP contribution in [0.15, 0.2) is 23.8 Å². The average molecular weight is 352 g/mol. The van der Waals surface area contributed by atoms with Crippen molar-refractivity contribution in [2.24, 2.45) is 40.9 Å². The van der Waals surface area contributed by atoms with Crippen molar-refractivity contribution >= 4 is 11.8 Å². The van der Waals surface area contributed by atoms with Crippen LogP contribution in [0.5, 0.6) is 0 Å². The zero-order valence-corrected chi connectivity index (χ0v) is 15.6. The summed E-state index contributed by atoms with van der Waals surface area (Å²) in [5.41, 5.74) is 2.48. The zero-order chi connectivity index (χ0) is 17.8. The summed E-state index contributed by atoms with van der Waals surface area (Å²) in [4.78, 5) is 24.0. The maximum Gasteiger partial charge on any atom is 0.306 e. The first-order valence-corrected chi connectivity index (χ1v) is 10.6. The fraction of sp³-hybridized carbons (Fsp3) is 0.739. The number of fused-ring (bicyclic) bond motifs is 9. The molecule has 6 rings (SSSR count). The first-order chi connectivity index (χ1) is 12.4. The number of carbonyl (C=O) groups is 2. The molecule has 0 aromatic heterocycles. The summed E-state index contributed by atoms with van der Waals surface area (Å²) in [5, 5.41) is 0. The Kier molecular flexibility index (Phi) is 2.84. The minimum atomic E-state index is -0.162. The summed E-state index contributed by atoms with van der Waals surface area (Å²) in [6.07, 6.45) is 9.91. The third-order valence-electron chi connectivity index (χ3n) is 9.43. The predicted octanol–water partition coefficient (Wildman–Crippen LogP) is 4.23. The molecule has 8 atom stereocenters. The fourth-order valence-electron chi connectivity index (χ4n) is 8.49. The molecule has 26 heavy (non-hydrogen) atoms. The highest BCUT2D eigenvalue weighted by molar-refractivity contribution is 5.92. The zero-order valence-electron chi connectivity index (χ0n) is 15.6. The van der Waals surface area contributed by atoms with Crippen molar-refractivity contribution in [1.82, 2.24) is 0 Å². The summed E-state index contributed by atoms with van der Waals surface area (Å²) in [6, 6.07) is 0. The quantitative estimate of drug-likeness (QED) is 0.613. The molecule has 5 aliphatic carbocycles. The Morgan fingerprint density at radius 2 is 1.96 bits per heavy atom. The molecule has 3 heteroatoms. The van der Waals surface area contributed by atoms with Gasteiger partial charge in [-0.15, -0.1) is 0 Å². The Morgan fingerprint density at radius 3 is 2.73 bits per heavy atom. The molecule has 0 N–H and O–H groups in total. The Labute approximate surface area is 155 Å². The molecular formula is C23H28O3. The van der Waals surface area contributed by atoms with Crippen molar-refractivity contribution in [2.45, 2.75) is 63.9 Å². The van der Waals surface area contributed by atoms with Gasteiger partial charge in [0.25, 0.3) is 0 Å². The van der Waals surface area contributed by atoms with Crippen LogP contribution in [-0.2, 0) is 14.3 Å². The highest BCUT2D eigenvalue weighted by Gasteiger charge is 2.78. The molecule has 3 nitrogen and oxygen atoms in total. The molecule has 5 fully saturated rings. The normalized spacial score (nSPS) is 54.2. The van der Waals surface area contributed by atoms with Gasteiger partial charge in [0.05, 0.1) is 0 Å². The molecule has 1 heterocycles. The molecule has 0 aromatic carbocycles. The first kappa shape index (κ1) is 15.7. The van der Waals surface area contributed by atoms with Crippen molar-refractivity contribution in [3.8, 4) is 0 Å². The second-order valence-corrected chi connectivity index (χ2v) is 10.2. The van der Waals surface area contributed by atoms with E-state index in [1.165, 1.54) is 30.4 Å². The number of ketones is 1. The minimum absolute atomic E-state index is 0.0312. The van der Waals surface area contributed by atoms with Gasteiger partial charge in [-0.3, -0.25) is 9.59 Å². The molecule has 0 radical (unpaired) electrons. The molecular weight excluding hydrogens is 324 g/mol. The molecule has 1 aliphatic heterocycles. The number of esters is 1. The lowest BCUT2D eigenvalue weighted by Crippen LogP contribution is -2.55. The van der Waals surface area contributed by atoms with Gasteiger partial charge >= 0.3 is 5.97 Å². The van der Waals surface area contributed by atoms with Crippen LogP contribution in [0.25, 0.3) is 0 Å². The van der Waals surface area contributed by atoms with Crippen molar-refractivity contribution in [2.75, 3.05) is 0 Å². The van der Waals surface area contributed by atoms with E-state index in [-0.39, 0.29) is 22.8 Å². The Balaban J connectivity index is 1.40. The number of hydrogen-bond donors (Lipinski definition) is 0. The molecule has 1 spiro atoms. The SMILES string of the molecule is C=C1CC2C(CCC3(C)C2C2CC2C32CCC(=O)O2)C2CCC(=O)C=C12. The maximum absolute atomic E-state index is 12.1. The van der Waals surface area contributed by atoms with Crippen molar-refractivity contribution < 1.29 is 14.3 Å². The molecule has 1 saturated heterocycles. The molecule has 4 saturated carbocycles. The van der Waals surface area contributed by atoms with Gasteiger partial charge in [0.2, 0.25) is 0 Å². The van der Waals surface area contributed by atoms with Crippen molar-refractivity contribution in [3.63, 3.8) is 0 Å². The summed E-state index contributed by atoms with van der Waals surface area (Å²) in [7, 11) is 0. The molecule has 0 aromatic rings. The Morgan fingerprint density at radius 1 is 1.12 bits per heavy atom. The third kappa shape index (κ3) is 1.67. The predicted molar refractivity (Wildman–Crippen MR) is 97.0 cm³/mol. The van der Waals surface area contributed by atoms with Crippen LogP contribution < -0.4 is 0 Å². The maximum atomic E-state index is 12.1. The van der Waals surface area contributed by atoms with Gasteiger partial charge < -0.3 is 4.74 Å². The van der Waals surface area contributed by atoms with Crippen molar-refractivity contribution in [3.05, 3.63) is 23.8 Å². The topological polar surface area (TPSA) is 43.4 Å². The number of carbonyl (C=O) groups excluding carboxylic acids is 2. The standard InChI is InChI=1S/C23H28O3/c1-12-9-17-15(14-4-3-13(24)10-16(12)14)5-7-22(2)21(17)18-11-19(18)23(22)8-6-20(25)26-23/h10,14-15,17-19,21H,1,3-9,11H2,2H3. The van der Waals surface area contributed by atoms with E-state index in [2.05, 4.69) is 13.5 Å². The molecule has 8 unspecified atom stereocenters. The summed E-state index contributed by atoms with van der Waals surface area (Å²) >= 11 is 0. The molecule has 0 bridgehead atoms. The van der Waals surface area contributed by atoms with Crippen LogP contribution in [0.4, 0.5) is 0 Å². The summed E-state index contributed by atoms with van der Waals surface area (Å²) in [6.45, 7) is 6.84. The van der Waals surface area contributed by atoms with E-state index in [1.54, 1.807) is 0 Å². The molecule has 138 valence electrons. The summed E-state index contributed by atoms with van der Waals surface area (Å²) in [5.74, 6) is 4.27. The molecule has 0 amide bonds. The monoisotopic (exact) mass is 352 g/mol. The number of rotatable bonds is 0. The van der Waals surface area contributed by atoms with Gasteiger partial charge in [-0.2, -0.15) is 0 Å². The smallest absolute Gasteiger partial charge is 0.306 e.